The van der Waals surface area contributed by atoms with Crippen LogP contribution in [-0.2, 0) is 19.1 Å². The second kappa shape index (κ2) is 11.2. The lowest BCUT2D eigenvalue weighted by Crippen LogP contribution is -2.34. The Morgan fingerprint density at radius 3 is 2.24 bits per heavy atom. The van der Waals surface area contributed by atoms with Gasteiger partial charge in [0.15, 0.2) is 0 Å². The third kappa shape index (κ3) is 5.41. The van der Waals surface area contributed by atoms with E-state index in [4.69, 9.17) is 9.47 Å². The zero-order chi connectivity index (χ0) is 26.7. The number of hydrogen-bond acceptors (Lipinski definition) is 8. The lowest BCUT2D eigenvalue weighted by atomic mass is 9.79. The van der Waals surface area contributed by atoms with Crippen LogP contribution in [0.2, 0.25) is 0 Å². The fourth-order valence-corrected chi connectivity index (χ4v) is 5.41. The van der Waals surface area contributed by atoms with Gasteiger partial charge in [0.05, 0.1) is 35.2 Å². The monoisotopic (exact) mass is 522 g/mol. The molecule has 1 fully saturated rings. The largest absolute Gasteiger partial charge is 0.463 e. The maximum atomic E-state index is 13.5. The van der Waals surface area contributed by atoms with Crippen LogP contribution in [0.4, 0.5) is 5.69 Å². The van der Waals surface area contributed by atoms with Gasteiger partial charge in [-0.1, -0.05) is 24.3 Å². The summed E-state index contributed by atoms with van der Waals surface area (Å²) in [5.41, 5.74) is 3.97. The van der Waals surface area contributed by atoms with E-state index in [1.807, 2.05) is 37.4 Å². The predicted octanol–water partition coefficient (Wildman–Crippen LogP) is 5.46. The van der Waals surface area contributed by atoms with Crippen LogP contribution in [0, 0.1) is 16.0 Å². The van der Waals surface area contributed by atoms with Gasteiger partial charge in [-0.25, -0.2) is 9.59 Å². The fraction of sp³-hybridized carbons (Fsp3) is 0.357. The lowest BCUT2D eigenvalue weighted by molar-refractivity contribution is -0.384. The summed E-state index contributed by atoms with van der Waals surface area (Å²) >= 11 is 1.58. The van der Waals surface area contributed by atoms with Crippen LogP contribution in [-0.4, -0.2) is 36.3 Å². The van der Waals surface area contributed by atoms with Gasteiger partial charge in [-0.15, -0.1) is 11.8 Å². The van der Waals surface area contributed by atoms with Crippen LogP contribution in [0.25, 0.3) is 0 Å². The Morgan fingerprint density at radius 2 is 1.65 bits per heavy atom. The van der Waals surface area contributed by atoms with E-state index in [1.54, 1.807) is 37.7 Å². The number of rotatable bonds is 9. The van der Waals surface area contributed by atoms with E-state index in [2.05, 4.69) is 5.32 Å². The summed E-state index contributed by atoms with van der Waals surface area (Å²) in [5.74, 6) is -1.54. The van der Waals surface area contributed by atoms with Crippen LogP contribution in [0.1, 0.15) is 50.2 Å². The first-order chi connectivity index (χ1) is 17.8. The van der Waals surface area contributed by atoms with E-state index in [0.29, 0.717) is 16.8 Å². The molecule has 1 saturated carbocycles. The highest BCUT2D eigenvalue weighted by molar-refractivity contribution is 7.98. The first-order valence-electron chi connectivity index (χ1n) is 12.2. The minimum atomic E-state index is -0.653. The summed E-state index contributed by atoms with van der Waals surface area (Å²) < 4.78 is 10.9. The van der Waals surface area contributed by atoms with Gasteiger partial charge in [-0.05, 0) is 62.6 Å². The van der Waals surface area contributed by atoms with Crippen molar-refractivity contribution < 1.29 is 24.0 Å². The maximum Gasteiger partial charge on any atom is 0.336 e. The van der Waals surface area contributed by atoms with E-state index in [0.717, 1.165) is 28.1 Å². The van der Waals surface area contributed by atoms with E-state index in [9.17, 15) is 19.7 Å². The van der Waals surface area contributed by atoms with Crippen molar-refractivity contribution in [1.29, 1.82) is 0 Å². The molecule has 37 heavy (non-hydrogen) atoms. The van der Waals surface area contributed by atoms with Crippen LogP contribution in [0.15, 0.2) is 76.0 Å². The summed E-state index contributed by atoms with van der Waals surface area (Å²) in [5, 5.41) is 14.4. The first-order valence-corrected chi connectivity index (χ1v) is 13.5. The molecule has 1 heterocycles. The molecule has 2 aromatic carbocycles. The Hall–Kier alpha value is -3.59. The normalized spacial score (nSPS) is 20.8. The highest BCUT2D eigenvalue weighted by Gasteiger charge is 2.48. The van der Waals surface area contributed by atoms with Gasteiger partial charge < -0.3 is 14.8 Å². The number of carbonyl (C=O) groups is 2. The van der Waals surface area contributed by atoms with Gasteiger partial charge in [0.2, 0.25) is 0 Å². The number of dihydropyridines is 1. The third-order valence-corrected chi connectivity index (χ3v) is 7.43. The van der Waals surface area contributed by atoms with Crippen molar-refractivity contribution in [3.63, 3.8) is 0 Å². The Kier molecular flexibility index (Phi) is 8.02. The minimum absolute atomic E-state index is 0.0224. The first kappa shape index (κ1) is 26.5. The van der Waals surface area contributed by atoms with Gasteiger partial charge in [-0.2, -0.15) is 0 Å². The van der Waals surface area contributed by atoms with E-state index in [1.165, 1.54) is 12.1 Å². The molecule has 3 atom stereocenters. The van der Waals surface area contributed by atoms with E-state index in [-0.39, 0.29) is 30.7 Å². The van der Waals surface area contributed by atoms with Gasteiger partial charge in [0.1, 0.15) is 0 Å². The molecule has 1 unspecified atom stereocenters. The number of esters is 2. The zero-order valence-electron chi connectivity index (χ0n) is 21.3. The molecule has 194 valence electrons. The number of non-ortho nitro benzene ring substituents is 1. The second-order valence-electron chi connectivity index (χ2n) is 8.94. The van der Waals surface area contributed by atoms with Crippen LogP contribution >= 0.6 is 11.8 Å². The van der Waals surface area contributed by atoms with E-state index >= 15 is 0 Å². The number of nitro benzene ring substituents is 1. The molecule has 0 saturated heterocycles. The molecule has 2 aromatic rings. The van der Waals surface area contributed by atoms with Gasteiger partial charge in [0.25, 0.3) is 5.69 Å². The highest BCUT2D eigenvalue weighted by Crippen LogP contribution is 2.55. The van der Waals surface area contributed by atoms with Gasteiger partial charge in [-0.3, -0.25) is 10.1 Å². The molecule has 0 radical (unpaired) electrons. The molecule has 1 aliphatic carbocycles. The number of allylic oxidation sites excluding steroid dienone is 2. The number of nitro groups is 1. The second-order valence-corrected chi connectivity index (χ2v) is 9.82. The van der Waals surface area contributed by atoms with Crippen molar-refractivity contribution in [2.75, 3.05) is 19.5 Å². The molecule has 2 aliphatic rings. The van der Waals surface area contributed by atoms with Crippen molar-refractivity contribution >= 4 is 29.4 Å². The van der Waals surface area contributed by atoms with E-state index < -0.39 is 22.8 Å². The fourth-order valence-electron chi connectivity index (χ4n) is 4.94. The predicted molar refractivity (Wildman–Crippen MR) is 141 cm³/mol. The standard InChI is InChI=1S/C28H30N2O6S/c1-5-35-27(31)23-16(3)29-26(22-15-21(22)17-10-12-19(13-11-17)30(33)34)25(28(32)36-6-2)24(23)18-8-7-9-20(14-18)37-4/h7-14,21-22,24,29H,5-6,15H2,1-4H3/t21-,22+,24?/m0/s1. The topological polar surface area (TPSA) is 108 Å². The van der Waals surface area contributed by atoms with Crippen molar-refractivity contribution in [2.24, 2.45) is 5.92 Å². The summed E-state index contributed by atoms with van der Waals surface area (Å²) in [6.45, 7) is 5.73. The van der Waals surface area contributed by atoms with Crippen LogP contribution < -0.4 is 5.32 Å². The smallest absolute Gasteiger partial charge is 0.336 e. The molecule has 1 N–H and O–H groups in total. The number of benzene rings is 2. The maximum absolute atomic E-state index is 13.5. The number of carbonyl (C=O) groups excluding carboxylic acids is 2. The molecule has 9 heteroatoms. The molecule has 0 amide bonds. The van der Waals surface area contributed by atoms with Crippen molar-refractivity contribution in [3.8, 4) is 0 Å². The van der Waals surface area contributed by atoms with Crippen LogP contribution in [0.5, 0.6) is 0 Å². The summed E-state index contributed by atoms with van der Waals surface area (Å²) in [6.07, 6.45) is 2.74. The molecule has 4 rings (SSSR count). The number of ether oxygens (including phenoxy) is 2. The lowest BCUT2D eigenvalue weighted by Gasteiger charge is -2.32. The third-order valence-electron chi connectivity index (χ3n) is 6.70. The Balaban J connectivity index is 1.82. The average Bonchev–Trinajstić information content (AvgIpc) is 3.69. The van der Waals surface area contributed by atoms with Gasteiger partial charge in [0, 0.05) is 34.3 Å². The minimum Gasteiger partial charge on any atom is -0.463 e. The SMILES string of the molecule is CCOC(=O)C1=C(C)NC([C@@H]2C[C@H]2c2ccc([N+](=O)[O-])cc2)=C(C(=O)OCC)C1c1cccc(SC)c1. The highest BCUT2D eigenvalue weighted by atomic mass is 32.2. The molecular weight excluding hydrogens is 492 g/mol. The van der Waals surface area contributed by atoms with Crippen molar-refractivity contribution in [1.82, 2.24) is 5.32 Å². The molecule has 0 aromatic heterocycles. The Morgan fingerprint density at radius 1 is 1.00 bits per heavy atom. The summed E-state index contributed by atoms with van der Waals surface area (Å²) in [4.78, 5) is 38.3. The van der Waals surface area contributed by atoms with Crippen molar-refractivity contribution in [2.45, 2.75) is 43.9 Å². The van der Waals surface area contributed by atoms with Crippen molar-refractivity contribution in [3.05, 3.63) is 92.3 Å². The Labute approximate surface area is 220 Å². The zero-order valence-corrected chi connectivity index (χ0v) is 22.1. The van der Waals surface area contributed by atoms with Crippen LogP contribution in [0.3, 0.4) is 0 Å². The number of hydrogen-bond donors (Lipinski definition) is 1. The Bertz CT molecular complexity index is 1280. The number of nitrogens with zero attached hydrogens (tertiary/aromatic N) is 1. The van der Waals surface area contributed by atoms with Gasteiger partial charge >= 0.3 is 11.9 Å². The quantitative estimate of drug-likeness (QED) is 0.200. The molecule has 1 aliphatic heterocycles. The number of nitrogens with one attached hydrogen (secondary N) is 1. The molecule has 8 nitrogen and oxygen atoms in total. The number of thioether (sulfide) groups is 1. The average molecular weight is 523 g/mol. The molecule has 0 spiro atoms. The molecular formula is C28H30N2O6S. The summed E-state index contributed by atoms with van der Waals surface area (Å²) in [6, 6.07) is 14.3. The molecule has 0 bridgehead atoms. The summed E-state index contributed by atoms with van der Waals surface area (Å²) in [7, 11) is 0.